The molecule has 3 nitrogen and oxygen atoms in total. The maximum absolute atomic E-state index is 12.3. The van der Waals surface area contributed by atoms with Crippen LogP contribution in [0.3, 0.4) is 0 Å². The van der Waals surface area contributed by atoms with Crippen LogP contribution in [0, 0.1) is 0 Å². The number of rotatable bonds is 3. The van der Waals surface area contributed by atoms with E-state index in [0.29, 0.717) is 4.47 Å². The fraction of sp³-hybridized carbons (Fsp3) is 0.357. The number of halogens is 4. The molecule has 1 rings (SSSR count). The topological polar surface area (TPSA) is 35.5 Å². The third kappa shape index (κ3) is 7.17. The van der Waals surface area contributed by atoms with Crippen molar-refractivity contribution in [1.82, 2.24) is 0 Å². The standard InChI is InChI=1S/C14H14BrF3O3/c1-13(2,3)21-12(19)7-5-9-4-6-10(15)8-11(9)20-14(16,17)18/h4-8H,1-3H3. The lowest BCUT2D eigenvalue weighted by molar-refractivity contribution is -0.274. The molecule has 0 fully saturated rings. The van der Waals surface area contributed by atoms with E-state index in [-0.39, 0.29) is 5.56 Å². The highest BCUT2D eigenvalue weighted by Crippen LogP contribution is 2.30. The first-order valence-corrected chi connectivity index (χ1v) is 6.72. The molecule has 1 aromatic carbocycles. The van der Waals surface area contributed by atoms with Gasteiger partial charge in [0.05, 0.1) is 0 Å². The minimum absolute atomic E-state index is 0.112. The van der Waals surface area contributed by atoms with E-state index >= 15 is 0 Å². The molecule has 116 valence electrons. The number of benzene rings is 1. The zero-order chi connectivity index (χ0) is 16.3. The third-order valence-corrected chi connectivity index (χ3v) is 2.50. The Bertz CT molecular complexity index is 545. The number of ether oxygens (including phenoxy) is 2. The van der Waals surface area contributed by atoms with Gasteiger partial charge in [0.2, 0.25) is 0 Å². The molecule has 0 atom stereocenters. The largest absolute Gasteiger partial charge is 0.573 e. The highest BCUT2D eigenvalue weighted by molar-refractivity contribution is 9.10. The predicted octanol–water partition coefficient (Wildman–Crippen LogP) is 4.70. The molecular formula is C14H14BrF3O3. The Morgan fingerprint density at radius 3 is 2.38 bits per heavy atom. The molecule has 0 unspecified atom stereocenters. The van der Waals surface area contributed by atoms with Crippen molar-refractivity contribution >= 4 is 28.0 Å². The van der Waals surface area contributed by atoms with E-state index in [1.165, 1.54) is 24.3 Å². The Hall–Kier alpha value is -1.50. The summed E-state index contributed by atoms with van der Waals surface area (Å²) in [6, 6.07) is 4.10. The number of alkyl halides is 3. The second-order valence-electron chi connectivity index (χ2n) is 5.10. The fourth-order valence-electron chi connectivity index (χ4n) is 1.35. The fourth-order valence-corrected chi connectivity index (χ4v) is 1.69. The van der Waals surface area contributed by atoms with E-state index in [0.717, 1.165) is 6.08 Å². The van der Waals surface area contributed by atoms with Gasteiger partial charge in [-0.2, -0.15) is 0 Å². The lowest BCUT2D eigenvalue weighted by Gasteiger charge is -2.18. The first kappa shape index (κ1) is 17.6. The van der Waals surface area contributed by atoms with Crippen LogP contribution in [0.25, 0.3) is 6.08 Å². The van der Waals surface area contributed by atoms with Crippen LogP contribution >= 0.6 is 15.9 Å². The minimum Gasteiger partial charge on any atom is -0.457 e. The van der Waals surface area contributed by atoms with Gasteiger partial charge in [0.1, 0.15) is 11.4 Å². The van der Waals surface area contributed by atoms with Crippen LogP contribution < -0.4 is 4.74 Å². The Morgan fingerprint density at radius 1 is 1.24 bits per heavy atom. The van der Waals surface area contributed by atoms with Crippen molar-refractivity contribution in [3.8, 4) is 5.75 Å². The van der Waals surface area contributed by atoms with Crippen LogP contribution in [0.4, 0.5) is 13.2 Å². The molecule has 0 aliphatic heterocycles. The van der Waals surface area contributed by atoms with Crippen LogP contribution in [0.1, 0.15) is 26.3 Å². The average molecular weight is 367 g/mol. The monoisotopic (exact) mass is 366 g/mol. The van der Waals surface area contributed by atoms with Crippen LogP contribution in [0.15, 0.2) is 28.7 Å². The summed E-state index contributed by atoms with van der Waals surface area (Å²) in [5.74, 6) is -1.06. The van der Waals surface area contributed by atoms with E-state index in [9.17, 15) is 18.0 Å². The summed E-state index contributed by atoms with van der Waals surface area (Å²) in [7, 11) is 0. The van der Waals surface area contributed by atoms with Crippen LogP contribution in [0.2, 0.25) is 0 Å². The van der Waals surface area contributed by atoms with Gasteiger partial charge in [-0.3, -0.25) is 0 Å². The molecule has 0 aromatic heterocycles. The number of carbonyl (C=O) groups excluding carboxylic acids is 1. The van der Waals surface area contributed by atoms with Crippen molar-refractivity contribution in [3.63, 3.8) is 0 Å². The third-order valence-electron chi connectivity index (χ3n) is 2.01. The van der Waals surface area contributed by atoms with Gasteiger partial charge in [-0.25, -0.2) is 4.79 Å². The van der Waals surface area contributed by atoms with Gasteiger partial charge in [-0.1, -0.05) is 22.0 Å². The van der Waals surface area contributed by atoms with E-state index in [2.05, 4.69) is 20.7 Å². The molecule has 0 aliphatic rings. The van der Waals surface area contributed by atoms with E-state index in [1.54, 1.807) is 20.8 Å². The molecule has 0 radical (unpaired) electrons. The first-order chi connectivity index (χ1) is 9.46. The van der Waals surface area contributed by atoms with Crippen LogP contribution in [-0.4, -0.2) is 17.9 Å². The van der Waals surface area contributed by atoms with Gasteiger partial charge in [0.25, 0.3) is 0 Å². The van der Waals surface area contributed by atoms with Crippen LogP contribution in [0.5, 0.6) is 5.75 Å². The Labute approximate surface area is 128 Å². The second-order valence-corrected chi connectivity index (χ2v) is 6.01. The molecule has 1 aromatic rings. The van der Waals surface area contributed by atoms with Gasteiger partial charge >= 0.3 is 12.3 Å². The molecule has 0 aliphatic carbocycles. The summed E-state index contributed by atoms with van der Waals surface area (Å²) in [6.07, 6.45) is -2.55. The van der Waals surface area contributed by atoms with Gasteiger partial charge in [-0.05, 0) is 39.0 Å². The van der Waals surface area contributed by atoms with Crippen LogP contribution in [-0.2, 0) is 9.53 Å². The van der Waals surface area contributed by atoms with Crippen molar-refractivity contribution in [2.45, 2.75) is 32.7 Å². The summed E-state index contributed by atoms with van der Waals surface area (Å²) in [4.78, 5) is 11.5. The maximum Gasteiger partial charge on any atom is 0.573 e. The SMILES string of the molecule is CC(C)(C)OC(=O)C=Cc1ccc(Br)cc1OC(F)(F)F. The maximum atomic E-state index is 12.3. The molecular weight excluding hydrogens is 353 g/mol. The molecule has 0 N–H and O–H groups in total. The van der Waals surface area contributed by atoms with Crippen molar-refractivity contribution < 1.29 is 27.4 Å². The zero-order valence-electron chi connectivity index (χ0n) is 11.6. The predicted molar refractivity (Wildman–Crippen MR) is 75.7 cm³/mol. The summed E-state index contributed by atoms with van der Waals surface area (Å²) in [6.45, 7) is 5.07. The molecule has 0 saturated carbocycles. The van der Waals surface area contributed by atoms with Crippen molar-refractivity contribution in [3.05, 3.63) is 34.3 Å². The molecule has 7 heteroatoms. The van der Waals surface area contributed by atoms with Gasteiger partial charge in [-0.15, -0.1) is 13.2 Å². The highest BCUT2D eigenvalue weighted by atomic mass is 79.9. The highest BCUT2D eigenvalue weighted by Gasteiger charge is 2.32. The number of carbonyl (C=O) groups is 1. The van der Waals surface area contributed by atoms with E-state index in [4.69, 9.17) is 4.74 Å². The molecule has 0 saturated heterocycles. The number of esters is 1. The normalized spacial score (nSPS) is 12.5. The lowest BCUT2D eigenvalue weighted by Crippen LogP contribution is -2.22. The minimum atomic E-state index is -4.81. The average Bonchev–Trinajstić information content (AvgIpc) is 2.23. The van der Waals surface area contributed by atoms with Crippen molar-refractivity contribution in [2.24, 2.45) is 0 Å². The quantitative estimate of drug-likeness (QED) is 0.574. The second kappa shape index (κ2) is 6.51. The molecule has 0 bridgehead atoms. The van der Waals surface area contributed by atoms with Gasteiger partial charge in [0, 0.05) is 16.1 Å². The number of hydrogen-bond donors (Lipinski definition) is 0. The zero-order valence-corrected chi connectivity index (χ0v) is 13.2. The van der Waals surface area contributed by atoms with Gasteiger partial charge < -0.3 is 9.47 Å². The molecule has 0 heterocycles. The Kier molecular flexibility index (Phi) is 5.44. The van der Waals surface area contributed by atoms with Crippen molar-refractivity contribution in [2.75, 3.05) is 0 Å². The van der Waals surface area contributed by atoms with E-state index in [1.807, 2.05) is 0 Å². The summed E-state index contributed by atoms with van der Waals surface area (Å²) in [5, 5.41) is 0. The molecule has 21 heavy (non-hydrogen) atoms. The Morgan fingerprint density at radius 2 is 1.86 bits per heavy atom. The number of hydrogen-bond acceptors (Lipinski definition) is 3. The lowest BCUT2D eigenvalue weighted by atomic mass is 10.2. The summed E-state index contributed by atoms with van der Waals surface area (Å²) >= 11 is 3.06. The summed E-state index contributed by atoms with van der Waals surface area (Å²) < 4.78 is 46.3. The Balaban J connectivity index is 2.95. The van der Waals surface area contributed by atoms with E-state index < -0.39 is 23.7 Å². The summed E-state index contributed by atoms with van der Waals surface area (Å²) in [5.41, 5.74) is -0.562. The smallest absolute Gasteiger partial charge is 0.457 e. The van der Waals surface area contributed by atoms with Crippen molar-refractivity contribution in [1.29, 1.82) is 0 Å². The van der Waals surface area contributed by atoms with Gasteiger partial charge in [0.15, 0.2) is 0 Å². The molecule has 0 amide bonds. The molecule has 0 spiro atoms. The first-order valence-electron chi connectivity index (χ1n) is 5.93.